The van der Waals surface area contributed by atoms with Crippen molar-refractivity contribution < 1.29 is 117 Å². The zero-order valence-electron chi connectivity index (χ0n) is 39.1. The molecule has 26 nitrogen and oxygen atoms in total. The number of aliphatic hydroxyl groups excluding tert-OH is 20. The van der Waals surface area contributed by atoms with E-state index in [2.05, 4.69) is 5.10 Å². The Bertz CT molecular complexity index is 2070. The molecule has 0 radical (unpaired) electrons. The number of carboxylic acids is 1. The Labute approximate surface area is 407 Å². The van der Waals surface area contributed by atoms with Gasteiger partial charge in [0, 0.05) is 43.1 Å². The molecular formula is C45H73N3O23. The predicted octanol–water partition coefficient (Wildman–Crippen LogP) is -8.09. The third kappa shape index (κ3) is 15.0. The molecule has 0 aliphatic carbocycles. The van der Waals surface area contributed by atoms with Crippen molar-refractivity contribution >= 4 is 17.0 Å². The van der Waals surface area contributed by atoms with Crippen LogP contribution in [-0.2, 0) is 42.3 Å². The number of nitrogens with zero attached hydrogens (tertiary/aromatic N) is 3. The molecule has 0 saturated heterocycles. The van der Waals surface area contributed by atoms with E-state index in [4.69, 9.17) is 9.84 Å². The largest absolute Gasteiger partial charge is 0.488 e. The molecule has 3 aromatic rings. The van der Waals surface area contributed by atoms with E-state index < -0.39 is 224 Å². The van der Waals surface area contributed by atoms with E-state index in [1.54, 1.807) is 0 Å². The Morgan fingerprint density at radius 3 is 1.31 bits per heavy atom. The van der Waals surface area contributed by atoms with Crippen molar-refractivity contribution in [1.82, 2.24) is 15.0 Å². The van der Waals surface area contributed by atoms with E-state index in [9.17, 15) is 112 Å². The summed E-state index contributed by atoms with van der Waals surface area (Å²) in [4.78, 5) is 15.3. The van der Waals surface area contributed by atoms with Gasteiger partial charge in [-0.3, -0.25) is 4.79 Å². The summed E-state index contributed by atoms with van der Waals surface area (Å²) in [5.41, 5.74) is -7.75. The molecule has 71 heavy (non-hydrogen) atoms. The average molecular weight is 1020 g/mol. The second-order valence-corrected chi connectivity index (χ2v) is 18.0. The molecule has 10 unspecified atom stereocenters. The summed E-state index contributed by atoms with van der Waals surface area (Å²) in [5.74, 6) is -2.51. The summed E-state index contributed by atoms with van der Waals surface area (Å²) in [6.45, 7) is -11.2. The van der Waals surface area contributed by atoms with E-state index in [0.29, 0.717) is 0 Å². The molecule has 1 aromatic heterocycles. The first-order valence-corrected chi connectivity index (χ1v) is 23.0. The van der Waals surface area contributed by atoms with Gasteiger partial charge in [-0.05, 0) is 59.6 Å². The Balaban J connectivity index is 3.13. The van der Waals surface area contributed by atoms with Crippen molar-refractivity contribution in [3.8, 4) is 11.4 Å². The summed E-state index contributed by atoms with van der Waals surface area (Å²) < 4.78 is 6.23. The number of aliphatic carboxylic acids is 1. The zero-order valence-corrected chi connectivity index (χ0v) is 39.1. The lowest BCUT2D eigenvalue weighted by Crippen LogP contribution is -2.58. The second-order valence-electron chi connectivity index (χ2n) is 18.0. The molecule has 0 aliphatic heterocycles. The summed E-state index contributed by atoms with van der Waals surface area (Å²) in [6.07, 6.45) is -26.0. The van der Waals surface area contributed by atoms with Crippen LogP contribution in [0, 0.1) is 5.41 Å². The van der Waals surface area contributed by atoms with Gasteiger partial charge in [-0.2, -0.15) is 0 Å². The van der Waals surface area contributed by atoms with Gasteiger partial charge in [0.05, 0.1) is 126 Å². The molecule has 3 rings (SSSR count). The number of carboxylic acid groups (broad SMARTS) is 1. The average Bonchev–Trinajstić information content (AvgIpc) is 3.79. The normalized spacial score (nSPS) is 18.2. The number of aromatic nitrogens is 3. The molecular weight excluding hydrogens is 950 g/mol. The van der Waals surface area contributed by atoms with Gasteiger partial charge >= 0.3 is 5.97 Å². The fourth-order valence-corrected chi connectivity index (χ4v) is 9.44. The van der Waals surface area contributed by atoms with Crippen molar-refractivity contribution in [2.24, 2.45) is 5.41 Å². The highest BCUT2D eigenvalue weighted by Gasteiger charge is 2.61. The molecule has 406 valence electrons. The van der Waals surface area contributed by atoms with Gasteiger partial charge in [-0.15, -0.1) is 15.0 Å². The summed E-state index contributed by atoms with van der Waals surface area (Å²) >= 11 is 0. The lowest BCUT2D eigenvalue weighted by molar-refractivity contribution is -0.166. The zero-order chi connectivity index (χ0) is 53.4. The van der Waals surface area contributed by atoms with Crippen LogP contribution in [0.25, 0.3) is 16.7 Å². The van der Waals surface area contributed by atoms with Gasteiger partial charge in [0.1, 0.15) is 29.4 Å². The van der Waals surface area contributed by atoms with Gasteiger partial charge in [0.2, 0.25) is 0 Å². The fraction of sp³-hybridized carbons (Fsp3) is 0.711. The summed E-state index contributed by atoms with van der Waals surface area (Å²) in [6, 6.07) is 2.84. The maximum absolute atomic E-state index is 14.5. The number of fused-ring (bicyclic) bond motifs is 1. The highest BCUT2D eigenvalue weighted by Crippen LogP contribution is 2.59. The minimum atomic E-state index is -2.96. The van der Waals surface area contributed by atoms with Gasteiger partial charge in [0.25, 0.3) is 0 Å². The minimum absolute atomic E-state index is 0.0321. The lowest BCUT2D eigenvalue weighted by Gasteiger charge is -2.53. The number of ether oxygens (including phenoxy) is 1. The van der Waals surface area contributed by atoms with E-state index in [1.165, 1.54) is 12.1 Å². The molecule has 1 heterocycles. The van der Waals surface area contributed by atoms with Crippen LogP contribution in [0.4, 0.5) is 0 Å². The molecule has 2 aromatic carbocycles. The van der Waals surface area contributed by atoms with Crippen LogP contribution in [0.2, 0.25) is 0 Å². The molecule has 0 amide bonds. The molecule has 10 atom stereocenters. The standard InChI is InChI=1S/C45H73N3O23/c49-12-24(59)3-23-1-2-38-40(34(23)4-25(60)13-50)47-48(46-38)41-37(7-28(63)16-53)39(35(5-26(61)14-51)36(6-27(62)15-52)42(41)71-22-33(68)21-58)44(8-29(64)17-54,9-30(65)18-55)45(43(69)70,10-31(66)19-56)11-32(67)20-57/h1-2,24-33,49-68H,3-22H2,(H,69,70). The molecule has 0 spiro atoms. The van der Waals surface area contributed by atoms with Crippen molar-refractivity contribution in [3.63, 3.8) is 0 Å². The first kappa shape index (κ1) is 61.6. The first-order valence-electron chi connectivity index (χ1n) is 23.0. The quantitative estimate of drug-likeness (QED) is 0.0260. The second kappa shape index (κ2) is 28.7. The summed E-state index contributed by atoms with van der Waals surface area (Å²) in [7, 11) is 0. The highest BCUT2D eigenvalue weighted by atomic mass is 16.5. The summed E-state index contributed by atoms with van der Waals surface area (Å²) in [5, 5.41) is 236. The van der Waals surface area contributed by atoms with Gasteiger partial charge in [0.15, 0.2) is 5.75 Å². The van der Waals surface area contributed by atoms with E-state index >= 15 is 0 Å². The topological polar surface area (TPSA) is 482 Å². The Morgan fingerprint density at radius 2 is 0.873 bits per heavy atom. The SMILES string of the molecule is O=C(O)C(CC(O)CO)(CC(O)CO)C(CC(O)CO)(CC(O)CO)c1c(CC(O)CO)c(CC(O)CO)c(OCC(O)CO)c(-n2nc3ccc(CC(O)CO)c(CC(O)CO)c3n2)c1CC(O)CO. The molecule has 0 fully saturated rings. The van der Waals surface area contributed by atoms with Crippen LogP contribution in [0.15, 0.2) is 12.1 Å². The third-order valence-corrected chi connectivity index (χ3v) is 12.6. The smallest absolute Gasteiger partial charge is 0.310 e. The molecule has 0 bridgehead atoms. The number of hydrogen-bond donors (Lipinski definition) is 21. The number of benzene rings is 2. The van der Waals surface area contributed by atoms with Crippen LogP contribution in [0.5, 0.6) is 5.75 Å². The minimum Gasteiger partial charge on any atom is -0.488 e. The predicted molar refractivity (Wildman–Crippen MR) is 244 cm³/mol. The fourth-order valence-electron chi connectivity index (χ4n) is 9.44. The van der Waals surface area contributed by atoms with Crippen molar-refractivity contribution in [2.45, 2.75) is 124 Å². The van der Waals surface area contributed by atoms with Crippen molar-refractivity contribution in [3.05, 3.63) is 45.5 Å². The number of rotatable bonds is 35. The van der Waals surface area contributed by atoms with Gasteiger partial charge < -0.3 is 112 Å². The van der Waals surface area contributed by atoms with Crippen LogP contribution < -0.4 is 4.74 Å². The van der Waals surface area contributed by atoms with Crippen molar-refractivity contribution in [1.29, 1.82) is 0 Å². The number of hydrogen-bond acceptors (Lipinski definition) is 24. The molecule has 21 N–H and O–H groups in total. The number of aliphatic hydroxyl groups is 20. The van der Waals surface area contributed by atoms with E-state index in [-0.39, 0.29) is 40.6 Å². The third-order valence-electron chi connectivity index (χ3n) is 12.6. The Morgan fingerprint density at radius 1 is 0.479 bits per heavy atom. The van der Waals surface area contributed by atoms with Crippen molar-refractivity contribution in [2.75, 3.05) is 72.7 Å². The maximum atomic E-state index is 14.5. The van der Waals surface area contributed by atoms with Gasteiger partial charge in [-0.25, -0.2) is 0 Å². The number of carbonyl (C=O) groups is 1. The lowest BCUT2D eigenvalue weighted by atomic mass is 9.49. The van der Waals surface area contributed by atoms with Crippen LogP contribution in [0.1, 0.15) is 59.1 Å². The Hall–Kier alpha value is -3.69. The maximum Gasteiger partial charge on any atom is 0.310 e. The van der Waals surface area contributed by atoms with Crippen LogP contribution in [-0.4, -0.2) is 262 Å². The van der Waals surface area contributed by atoms with Gasteiger partial charge in [-0.1, -0.05) is 6.07 Å². The van der Waals surface area contributed by atoms with E-state index in [0.717, 1.165) is 4.80 Å². The van der Waals surface area contributed by atoms with Crippen LogP contribution >= 0.6 is 0 Å². The first-order chi connectivity index (χ1) is 33.6. The monoisotopic (exact) mass is 1020 g/mol. The van der Waals surface area contributed by atoms with E-state index in [1.807, 2.05) is 0 Å². The Kier molecular flexibility index (Phi) is 24.9. The highest BCUT2D eigenvalue weighted by molar-refractivity contribution is 5.81. The molecule has 0 saturated carbocycles. The van der Waals surface area contributed by atoms with Crippen LogP contribution in [0.3, 0.4) is 0 Å². The molecule has 26 heteroatoms. The molecule has 0 aliphatic rings.